The van der Waals surface area contributed by atoms with Crippen molar-refractivity contribution in [2.75, 3.05) is 6.54 Å². The number of aliphatic hydroxyl groups is 1. The monoisotopic (exact) mass is 288 g/mol. The van der Waals surface area contributed by atoms with Crippen molar-refractivity contribution in [2.45, 2.75) is 24.3 Å². The summed E-state index contributed by atoms with van der Waals surface area (Å²) in [6.07, 6.45) is 0. The SMILES string of the molecule is CC(C)(O)CNS(=O)(=O)c1ccc(C#N)c(Cl)c1. The molecule has 5 nitrogen and oxygen atoms in total. The van der Waals surface area contributed by atoms with Crippen molar-refractivity contribution < 1.29 is 13.5 Å². The summed E-state index contributed by atoms with van der Waals surface area (Å²) in [5.41, 5.74) is -0.943. The number of rotatable bonds is 4. The molecule has 98 valence electrons. The van der Waals surface area contributed by atoms with E-state index < -0.39 is 15.6 Å². The van der Waals surface area contributed by atoms with Crippen molar-refractivity contribution in [3.63, 3.8) is 0 Å². The third-order valence-electron chi connectivity index (χ3n) is 2.07. The number of nitriles is 1. The molecule has 0 spiro atoms. The molecule has 2 N–H and O–H groups in total. The van der Waals surface area contributed by atoms with Crippen molar-refractivity contribution in [2.24, 2.45) is 0 Å². The highest BCUT2D eigenvalue weighted by Crippen LogP contribution is 2.20. The van der Waals surface area contributed by atoms with Crippen molar-refractivity contribution in [1.29, 1.82) is 5.26 Å². The number of halogens is 1. The minimum atomic E-state index is -3.74. The zero-order valence-corrected chi connectivity index (χ0v) is 11.5. The average molecular weight is 289 g/mol. The number of hydrogen-bond donors (Lipinski definition) is 2. The van der Waals surface area contributed by atoms with Gasteiger partial charge in [0.05, 0.1) is 21.1 Å². The first-order valence-electron chi connectivity index (χ1n) is 5.07. The van der Waals surface area contributed by atoms with Crippen molar-refractivity contribution in [3.05, 3.63) is 28.8 Å². The molecule has 0 unspecified atom stereocenters. The summed E-state index contributed by atoms with van der Waals surface area (Å²) in [7, 11) is -3.74. The smallest absolute Gasteiger partial charge is 0.240 e. The molecular formula is C11H13ClN2O3S. The summed E-state index contributed by atoms with van der Waals surface area (Å²) in [6.45, 7) is 2.86. The quantitative estimate of drug-likeness (QED) is 0.873. The molecule has 0 fully saturated rings. The molecule has 0 atom stereocenters. The molecule has 18 heavy (non-hydrogen) atoms. The largest absolute Gasteiger partial charge is 0.389 e. The lowest BCUT2D eigenvalue weighted by Crippen LogP contribution is -2.38. The normalized spacial score (nSPS) is 12.2. The Morgan fingerprint density at radius 1 is 1.50 bits per heavy atom. The Morgan fingerprint density at radius 3 is 2.56 bits per heavy atom. The number of nitrogens with one attached hydrogen (secondary N) is 1. The zero-order valence-electron chi connectivity index (χ0n) is 9.94. The average Bonchev–Trinajstić information content (AvgIpc) is 2.25. The summed E-state index contributed by atoms with van der Waals surface area (Å²) in [6, 6.07) is 5.67. The molecule has 0 saturated heterocycles. The predicted molar refractivity (Wildman–Crippen MR) is 67.7 cm³/mol. The molecule has 0 aromatic heterocycles. The second-order valence-corrected chi connectivity index (χ2v) is 6.56. The Labute approximate surface area is 111 Å². The Kier molecular flexibility index (Phi) is 4.35. The van der Waals surface area contributed by atoms with E-state index in [0.717, 1.165) is 0 Å². The summed E-state index contributed by atoms with van der Waals surface area (Å²) < 4.78 is 26.0. The molecule has 0 radical (unpaired) electrons. The molecule has 0 aliphatic heterocycles. The fraction of sp³-hybridized carbons (Fsp3) is 0.364. The molecule has 7 heteroatoms. The van der Waals surface area contributed by atoms with E-state index in [9.17, 15) is 13.5 Å². The second kappa shape index (κ2) is 5.24. The van der Waals surface area contributed by atoms with Gasteiger partial charge in [0.1, 0.15) is 6.07 Å². The summed E-state index contributed by atoms with van der Waals surface area (Å²) >= 11 is 5.76. The summed E-state index contributed by atoms with van der Waals surface area (Å²) in [5.74, 6) is 0. The van der Waals surface area contributed by atoms with Gasteiger partial charge in [-0.3, -0.25) is 0 Å². The molecular weight excluding hydrogens is 276 g/mol. The third-order valence-corrected chi connectivity index (χ3v) is 3.78. The lowest BCUT2D eigenvalue weighted by molar-refractivity contribution is 0.0857. The molecule has 0 bridgehead atoms. The first-order chi connectivity index (χ1) is 8.15. The van der Waals surface area contributed by atoms with Crippen LogP contribution in [0.2, 0.25) is 5.02 Å². The van der Waals surface area contributed by atoms with Crippen LogP contribution >= 0.6 is 11.6 Å². The first-order valence-corrected chi connectivity index (χ1v) is 6.93. The zero-order chi connectivity index (χ0) is 14.0. The maximum Gasteiger partial charge on any atom is 0.240 e. The maximum atomic E-state index is 11.9. The standard InChI is InChI=1S/C11H13ClN2O3S/c1-11(2,15)7-14-18(16,17)9-4-3-8(6-13)10(12)5-9/h3-5,14-15H,7H2,1-2H3. The van der Waals surface area contributed by atoms with E-state index >= 15 is 0 Å². The second-order valence-electron chi connectivity index (χ2n) is 4.39. The molecule has 1 aromatic rings. The Hall–Kier alpha value is -1.13. The van der Waals surface area contributed by atoms with Gasteiger partial charge in [-0.2, -0.15) is 5.26 Å². The highest BCUT2D eigenvalue weighted by atomic mass is 35.5. The molecule has 0 aliphatic rings. The molecule has 0 heterocycles. The van der Waals surface area contributed by atoms with E-state index in [1.54, 1.807) is 0 Å². The van der Waals surface area contributed by atoms with E-state index in [4.69, 9.17) is 16.9 Å². The van der Waals surface area contributed by atoms with Gasteiger partial charge >= 0.3 is 0 Å². The third kappa shape index (κ3) is 3.96. The maximum absolute atomic E-state index is 11.9. The Balaban J connectivity index is 3.00. The van der Waals surface area contributed by atoms with Gasteiger partial charge in [-0.05, 0) is 32.0 Å². The van der Waals surface area contributed by atoms with Crippen LogP contribution in [0.4, 0.5) is 0 Å². The predicted octanol–water partition coefficient (Wildman–Crippen LogP) is 1.26. The summed E-state index contributed by atoms with van der Waals surface area (Å²) in [4.78, 5) is -0.0456. The molecule has 0 saturated carbocycles. The number of nitrogens with zero attached hydrogens (tertiary/aromatic N) is 1. The highest BCUT2D eigenvalue weighted by molar-refractivity contribution is 7.89. The van der Waals surface area contributed by atoms with Gasteiger partial charge in [-0.25, -0.2) is 13.1 Å². The minimum Gasteiger partial charge on any atom is -0.389 e. The van der Waals surface area contributed by atoms with Crippen LogP contribution in [-0.2, 0) is 10.0 Å². The van der Waals surface area contributed by atoms with Crippen LogP contribution in [0.15, 0.2) is 23.1 Å². The van der Waals surface area contributed by atoms with E-state index in [1.807, 2.05) is 6.07 Å². The van der Waals surface area contributed by atoms with E-state index in [2.05, 4.69) is 4.72 Å². The first kappa shape index (κ1) is 14.9. The van der Waals surface area contributed by atoms with Gasteiger partial charge in [0.25, 0.3) is 0 Å². The molecule has 1 aromatic carbocycles. The van der Waals surface area contributed by atoms with Gasteiger partial charge in [0, 0.05) is 6.54 Å². The lowest BCUT2D eigenvalue weighted by atomic mass is 10.1. The Morgan fingerprint density at radius 2 is 2.11 bits per heavy atom. The lowest BCUT2D eigenvalue weighted by Gasteiger charge is -2.17. The number of sulfonamides is 1. The van der Waals surface area contributed by atoms with Crippen LogP contribution in [0.3, 0.4) is 0 Å². The summed E-state index contributed by atoms with van der Waals surface area (Å²) in [5, 5.41) is 18.2. The van der Waals surface area contributed by atoms with E-state index in [0.29, 0.717) is 0 Å². The fourth-order valence-corrected chi connectivity index (χ4v) is 2.63. The molecule has 0 aliphatic carbocycles. The van der Waals surface area contributed by atoms with Crippen LogP contribution < -0.4 is 4.72 Å². The fourth-order valence-electron chi connectivity index (χ4n) is 1.11. The van der Waals surface area contributed by atoms with Gasteiger partial charge in [0.15, 0.2) is 0 Å². The van der Waals surface area contributed by atoms with E-state index in [1.165, 1.54) is 32.0 Å². The van der Waals surface area contributed by atoms with Crippen LogP contribution in [-0.4, -0.2) is 25.7 Å². The van der Waals surface area contributed by atoms with Crippen molar-refractivity contribution in [1.82, 2.24) is 4.72 Å². The molecule has 0 amide bonds. The van der Waals surface area contributed by atoms with Crippen LogP contribution in [0.5, 0.6) is 0 Å². The van der Waals surface area contributed by atoms with Gasteiger partial charge in [-0.15, -0.1) is 0 Å². The molecule has 1 rings (SSSR count). The number of hydrogen-bond acceptors (Lipinski definition) is 4. The van der Waals surface area contributed by atoms with Crippen LogP contribution in [0.1, 0.15) is 19.4 Å². The van der Waals surface area contributed by atoms with Crippen LogP contribution in [0.25, 0.3) is 0 Å². The van der Waals surface area contributed by atoms with Crippen molar-refractivity contribution in [3.8, 4) is 6.07 Å². The number of benzene rings is 1. The topological polar surface area (TPSA) is 90.2 Å². The highest BCUT2D eigenvalue weighted by Gasteiger charge is 2.20. The van der Waals surface area contributed by atoms with E-state index in [-0.39, 0.29) is 22.0 Å². The minimum absolute atomic E-state index is 0.0456. The van der Waals surface area contributed by atoms with Crippen LogP contribution in [0, 0.1) is 11.3 Å². The van der Waals surface area contributed by atoms with Crippen molar-refractivity contribution >= 4 is 21.6 Å². The van der Waals surface area contributed by atoms with Gasteiger partial charge in [0.2, 0.25) is 10.0 Å². The Bertz CT molecular complexity index is 585. The van der Waals surface area contributed by atoms with Gasteiger partial charge in [-0.1, -0.05) is 11.6 Å². The van der Waals surface area contributed by atoms with Gasteiger partial charge < -0.3 is 5.11 Å².